The molecule has 0 unspecified atom stereocenters. The number of halogens is 2. The number of nitrogens with zero attached hydrogens (tertiary/aromatic N) is 1. The van der Waals surface area contributed by atoms with Crippen molar-refractivity contribution in [3.8, 4) is 5.75 Å². The SMILES string of the molecule is O[C@H](COc1ccccc1)CN(Cc1ccc(F)cc1)Cc1ccccc1F. The molecule has 0 amide bonds. The van der Waals surface area contributed by atoms with Crippen molar-refractivity contribution in [3.05, 3.63) is 102 Å². The molecule has 3 rings (SSSR count). The molecule has 0 bridgehead atoms. The number of para-hydroxylation sites is 1. The average Bonchev–Trinajstić information content (AvgIpc) is 2.71. The van der Waals surface area contributed by atoms with Crippen LogP contribution >= 0.6 is 0 Å². The van der Waals surface area contributed by atoms with Crippen molar-refractivity contribution in [2.75, 3.05) is 13.2 Å². The zero-order chi connectivity index (χ0) is 19.8. The van der Waals surface area contributed by atoms with E-state index in [0.717, 1.165) is 5.56 Å². The van der Waals surface area contributed by atoms with Crippen LogP contribution in [0.4, 0.5) is 8.78 Å². The Bertz CT molecular complexity index is 856. The van der Waals surface area contributed by atoms with Crippen LogP contribution in [-0.2, 0) is 13.1 Å². The standard InChI is InChI=1S/C23H23F2NO2/c24-20-12-10-18(11-13-20)14-26(15-19-6-4-5-9-23(19)25)16-21(27)17-28-22-7-2-1-3-8-22/h1-13,21,27H,14-17H2/t21-/m0/s1. The minimum Gasteiger partial charge on any atom is -0.491 e. The van der Waals surface area contributed by atoms with Gasteiger partial charge in [0, 0.05) is 25.2 Å². The second-order valence-corrected chi connectivity index (χ2v) is 6.67. The van der Waals surface area contributed by atoms with Gasteiger partial charge in [-0.25, -0.2) is 8.78 Å². The highest BCUT2D eigenvalue weighted by Crippen LogP contribution is 2.15. The van der Waals surface area contributed by atoms with Gasteiger partial charge in [-0.3, -0.25) is 4.90 Å². The molecule has 5 heteroatoms. The van der Waals surface area contributed by atoms with E-state index in [4.69, 9.17) is 4.74 Å². The third-order valence-corrected chi connectivity index (χ3v) is 4.33. The lowest BCUT2D eigenvalue weighted by atomic mass is 10.1. The van der Waals surface area contributed by atoms with E-state index in [0.29, 0.717) is 30.9 Å². The minimum absolute atomic E-state index is 0.126. The molecule has 28 heavy (non-hydrogen) atoms. The highest BCUT2D eigenvalue weighted by Gasteiger charge is 2.15. The summed E-state index contributed by atoms with van der Waals surface area (Å²) in [6.07, 6.45) is -0.757. The van der Waals surface area contributed by atoms with Crippen LogP contribution in [-0.4, -0.2) is 29.3 Å². The first-order valence-corrected chi connectivity index (χ1v) is 9.16. The molecule has 0 aliphatic carbocycles. The van der Waals surface area contributed by atoms with Gasteiger partial charge >= 0.3 is 0 Å². The van der Waals surface area contributed by atoms with Crippen LogP contribution in [0, 0.1) is 11.6 Å². The topological polar surface area (TPSA) is 32.7 Å². The quantitative estimate of drug-likeness (QED) is 0.594. The van der Waals surface area contributed by atoms with E-state index in [1.54, 1.807) is 30.3 Å². The molecule has 0 fully saturated rings. The fraction of sp³-hybridized carbons (Fsp3) is 0.217. The van der Waals surface area contributed by atoms with E-state index in [1.807, 2.05) is 35.2 Å². The Morgan fingerprint density at radius 2 is 1.50 bits per heavy atom. The van der Waals surface area contributed by atoms with Crippen molar-refractivity contribution in [1.29, 1.82) is 0 Å². The van der Waals surface area contributed by atoms with Gasteiger partial charge in [0.1, 0.15) is 30.1 Å². The molecule has 3 nitrogen and oxygen atoms in total. The van der Waals surface area contributed by atoms with Gasteiger partial charge in [0.15, 0.2) is 0 Å². The Kier molecular flexibility index (Phi) is 7.12. The fourth-order valence-electron chi connectivity index (χ4n) is 2.96. The zero-order valence-electron chi connectivity index (χ0n) is 15.5. The summed E-state index contributed by atoms with van der Waals surface area (Å²) in [5, 5.41) is 10.4. The number of rotatable bonds is 9. The maximum Gasteiger partial charge on any atom is 0.127 e. The molecule has 1 N–H and O–H groups in total. The molecule has 146 valence electrons. The summed E-state index contributed by atoms with van der Waals surface area (Å²) in [5.41, 5.74) is 1.43. The van der Waals surface area contributed by atoms with Gasteiger partial charge in [0.05, 0.1) is 0 Å². The lowest BCUT2D eigenvalue weighted by Gasteiger charge is -2.25. The third-order valence-electron chi connectivity index (χ3n) is 4.33. The maximum absolute atomic E-state index is 14.1. The van der Waals surface area contributed by atoms with Crippen LogP contribution < -0.4 is 4.74 Å². The first kappa shape index (κ1) is 20.0. The summed E-state index contributed by atoms with van der Waals surface area (Å²) in [6, 6.07) is 22.0. The summed E-state index contributed by atoms with van der Waals surface area (Å²) < 4.78 is 32.9. The predicted molar refractivity (Wildman–Crippen MR) is 105 cm³/mol. The van der Waals surface area contributed by atoms with Gasteiger partial charge in [0.25, 0.3) is 0 Å². The smallest absolute Gasteiger partial charge is 0.127 e. The van der Waals surface area contributed by atoms with Gasteiger partial charge < -0.3 is 9.84 Å². The molecule has 0 saturated carbocycles. The van der Waals surface area contributed by atoms with Gasteiger partial charge in [-0.1, -0.05) is 48.5 Å². The summed E-state index contributed by atoms with van der Waals surface area (Å²) >= 11 is 0. The largest absolute Gasteiger partial charge is 0.491 e. The van der Waals surface area contributed by atoms with Crippen LogP contribution in [0.15, 0.2) is 78.9 Å². The highest BCUT2D eigenvalue weighted by atomic mass is 19.1. The van der Waals surface area contributed by atoms with Crippen LogP contribution in [0.2, 0.25) is 0 Å². The minimum atomic E-state index is -0.757. The van der Waals surface area contributed by atoms with E-state index in [1.165, 1.54) is 18.2 Å². The highest BCUT2D eigenvalue weighted by molar-refractivity contribution is 5.21. The number of hydrogen-bond acceptors (Lipinski definition) is 3. The Morgan fingerprint density at radius 3 is 2.21 bits per heavy atom. The average molecular weight is 383 g/mol. The number of benzene rings is 3. The molecular formula is C23H23F2NO2. The van der Waals surface area contributed by atoms with Crippen LogP contribution in [0.5, 0.6) is 5.75 Å². The Hall–Kier alpha value is -2.76. The predicted octanol–water partition coefficient (Wildman–Crippen LogP) is 4.41. The summed E-state index contributed by atoms with van der Waals surface area (Å²) in [5.74, 6) is 0.0862. The summed E-state index contributed by atoms with van der Waals surface area (Å²) in [6.45, 7) is 1.20. The molecule has 0 aliphatic rings. The number of hydrogen-bond donors (Lipinski definition) is 1. The Labute approximate surface area is 163 Å². The van der Waals surface area contributed by atoms with E-state index in [9.17, 15) is 13.9 Å². The number of aliphatic hydroxyl groups is 1. The molecule has 0 spiro atoms. The first-order valence-electron chi connectivity index (χ1n) is 9.16. The van der Waals surface area contributed by atoms with Gasteiger partial charge in [-0.05, 0) is 35.9 Å². The van der Waals surface area contributed by atoms with Gasteiger partial charge in [-0.15, -0.1) is 0 Å². The van der Waals surface area contributed by atoms with Crippen molar-refractivity contribution in [2.45, 2.75) is 19.2 Å². The van der Waals surface area contributed by atoms with Crippen LogP contribution in [0.3, 0.4) is 0 Å². The summed E-state index contributed by atoms with van der Waals surface area (Å²) in [7, 11) is 0. The molecule has 3 aromatic rings. The van der Waals surface area contributed by atoms with Crippen molar-refractivity contribution in [3.63, 3.8) is 0 Å². The zero-order valence-corrected chi connectivity index (χ0v) is 15.5. The third kappa shape index (κ3) is 6.15. The van der Waals surface area contributed by atoms with E-state index in [-0.39, 0.29) is 18.2 Å². The van der Waals surface area contributed by atoms with E-state index in [2.05, 4.69) is 0 Å². The normalized spacial score (nSPS) is 12.1. The molecule has 0 aliphatic heterocycles. The molecule has 1 atom stereocenters. The fourth-order valence-corrected chi connectivity index (χ4v) is 2.96. The molecule has 0 saturated heterocycles. The van der Waals surface area contributed by atoms with Crippen LogP contribution in [0.25, 0.3) is 0 Å². The molecule has 0 radical (unpaired) electrons. The number of ether oxygens (including phenoxy) is 1. The van der Waals surface area contributed by atoms with Crippen molar-refractivity contribution in [2.24, 2.45) is 0 Å². The van der Waals surface area contributed by atoms with E-state index < -0.39 is 6.10 Å². The second kappa shape index (κ2) is 9.97. The van der Waals surface area contributed by atoms with Crippen molar-refractivity contribution in [1.82, 2.24) is 4.90 Å². The Balaban J connectivity index is 1.65. The molecule has 3 aromatic carbocycles. The Morgan fingerprint density at radius 1 is 0.821 bits per heavy atom. The molecule has 0 aromatic heterocycles. The summed E-state index contributed by atoms with van der Waals surface area (Å²) in [4.78, 5) is 1.92. The van der Waals surface area contributed by atoms with Crippen LogP contribution in [0.1, 0.15) is 11.1 Å². The molecule has 0 heterocycles. The number of aliphatic hydroxyl groups excluding tert-OH is 1. The lowest BCUT2D eigenvalue weighted by molar-refractivity contribution is 0.0624. The lowest BCUT2D eigenvalue weighted by Crippen LogP contribution is -2.35. The molecular weight excluding hydrogens is 360 g/mol. The van der Waals surface area contributed by atoms with Crippen molar-refractivity contribution >= 4 is 0 Å². The van der Waals surface area contributed by atoms with Gasteiger partial charge in [0.2, 0.25) is 0 Å². The van der Waals surface area contributed by atoms with Gasteiger partial charge in [-0.2, -0.15) is 0 Å². The second-order valence-electron chi connectivity index (χ2n) is 6.67. The first-order chi connectivity index (χ1) is 13.6. The maximum atomic E-state index is 14.1. The monoisotopic (exact) mass is 383 g/mol. The van der Waals surface area contributed by atoms with E-state index >= 15 is 0 Å². The van der Waals surface area contributed by atoms with Crippen molar-refractivity contribution < 1.29 is 18.6 Å².